The number of halogens is 11. The summed E-state index contributed by atoms with van der Waals surface area (Å²) in [6, 6.07) is 16.1. The molecule has 0 bridgehead atoms. The molecule has 0 atom stereocenters. The van der Waals surface area contributed by atoms with Crippen LogP contribution in [0.4, 0.5) is 67.2 Å². The number of alkyl halides is 6. The fourth-order valence-electron chi connectivity index (χ4n) is 21.8. The summed E-state index contributed by atoms with van der Waals surface area (Å²) in [6.07, 6.45) is 12.3. The van der Waals surface area contributed by atoms with Gasteiger partial charge in [0, 0.05) is 111 Å². The molecule has 774 valence electrons. The number of primary amides is 4. The van der Waals surface area contributed by atoms with Gasteiger partial charge in [-0.2, -0.15) is 67.1 Å². The van der Waals surface area contributed by atoms with Gasteiger partial charge in [-0.3, -0.25) is 57.1 Å². The molecule has 36 nitrogen and oxygen atoms in total. The Morgan fingerprint density at radius 2 is 0.678 bits per heavy atom. The molecule has 8 fully saturated rings. The van der Waals surface area contributed by atoms with E-state index in [0.717, 1.165) is 88.5 Å². The van der Waals surface area contributed by atoms with Crippen molar-refractivity contribution in [2.45, 2.75) is 167 Å². The summed E-state index contributed by atoms with van der Waals surface area (Å²) < 4.78 is 147. The van der Waals surface area contributed by atoms with Crippen LogP contribution in [0.1, 0.15) is 204 Å². The Balaban J connectivity index is 0.000000135. The molecule has 4 aromatic carbocycles. The number of carbonyl (C=O) groups is 8. The normalized spacial score (nSPS) is 20.7. The molecule has 149 heavy (non-hydrogen) atoms. The Kier molecular flexibility index (Phi) is 28.5. The van der Waals surface area contributed by atoms with Gasteiger partial charge in [0.25, 0.3) is 47.3 Å². The average Bonchev–Trinajstić information content (AvgIpc) is 1.60. The number of rotatable bonds is 20. The van der Waals surface area contributed by atoms with Crippen LogP contribution in [0.25, 0.3) is 45.0 Å². The van der Waals surface area contributed by atoms with Crippen molar-refractivity contribution < 1.29 is 82.3 Å². The van der Waals surface area contributed by atoms with Gasteiger partial charge < -0.3 is 65.5 Å². The number of aromatic nitrogens is 16. The fourth-order valence-corrected chi connectivity index (χ4v) is 22.0. The summed E-state index contributed by atoms with van der Waals surface area (Å²) in [5.41, 5.74) is 49.7. The predicted octanol–water partition coefficient (Wildman–Crippen LogP) is 11.5. The molecule has 4 spiro atoms. The highest BCUT2D eigenvalue weighted by Gasteiger charge is 2.56. The van der Waals surface area contributed by atoms with Gasteiger partial charge in [-0.1, -0.05) is 71.7 Å². The van der Waals surface area contributed by atoms with Gasteiger partial charge in [0.15, 0.2) is 11.6 Å². The Bertz CT molecular complexity index is 7620. The van der Waals surface area contributed by atoms with Gasteiger partial charge in [0.05, 0.1) is 91.3 Å². The molecular weight excluding hydrogens is 1970 g/mol. The van der Waals surface area contributed by atoms with Crippen LogP contribution in [0, 0.1) is 92.3 Å². The van der Waals surface area contributed by atoms with E-state index in [1.807, 2.05) is 0 Å². The lowest BCUT2D eigenvalue weighted by molar-refractivity contribution is -0.138. The van der Waals surface area contributed by atoms with Crippen molar-refractivity contribution in [2.75, 3.05) is 75.3 Å². The smallest absolute Gasteiger partial charge is 0.383 e. The lowest BCUT2D eigenvalue weighted by Gasteiger charge is -2.45. The molecule has 47 heteroatoms. The molecule has 0 radical (unpaired) electrons. The maximum atomic E-state index is 14.1. The zero-order chi connectivity index (χ0) is 107. The van der Waals surface area contributed by atoms with Gasteiger partial charge >= 0.3 is 12.4 Å². The number of anilines is 4. The Morgan fingerprint density at radius 3 is 0.993 bits per heavy atom. The minimum absolute atomic E-state index is 0.00243. The molecule has 12 heterocycles. The molecule has 20 rings (SSSR count). The summed E-state index contributed by atoms with van der Waals surface area (Å²) in [7, 11) is 0. The third-order valence-electron chi connectivity index (χ3n) is 29.0. The van der Waals surface area contributed by atoms with E-state index in [0.29, 0.717) is 110 Å². The summed E-state index contributed by atoms with van der Waals surface area (Å²) >= 11 is 5.72. The third kappa shape index (κ3) is 21.1. The number of nitrogens with zero attached hydrogens (tertiary/aromatic N) is 20. The van der Waals surface area contributed by atoms with Crippen molar-refractivity contribution in [3.8, 4) is 92.4 Å². The van der Waals surface area contributed by atoms with E-state index in [-0.39, 0.29) is 180 Å². The lowest BCUT2D eigenvalue weighted by atomic mass is 9.65. The van der Waals surface area contributed by atoms with Crippen LogP contribution in [0.2, 0.25) is 5.02 Å². The first kappa shape index (κ1) is 104. The number of nitrogens with two attached hydrogens (primary N) is 8. The molecular formula is C102H101ClF10N28O8. The highest BCUT2D eigenvalue weighted by atomic mass is 35.5. The number of amides is 8. The number of benzene rings is 4. The quantitative estimate of drug-likeness (QED) is 0.0259. The van der Waals surface area contributed by atoms with Crippen LogP contribution in [0.5, 0.6) is 0 Å². The van der Waals surface area contributed by atoms with Crippen LogP contribution >= 0.6 is 11.6 Å². The minimum atomic E-state index is -4.67. The number of carbonyl (C=O) groups excluding carboxylic acids is 8. The first-order valence-corrected chi connectivity index (χ1v) is 47.8. The number of hydrogen-bond acceptors (Lipinski definition) is 20. The molecule has 8 aliphatic rings. The number of likely N-dealkylation sites (tertiary alicyclic amines) is 4. The van der Waals surface area contributed by atoms with Gasteiger partial charge in [-0.15, -0.1) is 0 Å². The molecule has 16 N–H and O–H groups in total. The van der Waals surface area contributed by atoms with Crippen molar-refractivity contribution in [1.82, 2.24) is 97.8 Å². The number of hydrogen-bond donors (Lipinski definition) is 8. The zero-order valence-corrected chi connectivity index (χ0v) is 81.6. The van der Waals surface area contributed by atoms with E-state index in [9.17, 15) is 82.3 Å². The summed E-state index contributed by atoms with van der Waals surface area (Å²) in [6.45, 7) is 11.5. The first-order valence-electron chi connectivity index (χ1n) is 47.4. The maximum absolute atomic E-state index is 14.1. The highest BCUT2D eigenvalue weighted by molar-refractivity contribution is 6.31. The Labute approximate surface area is 850 Å². The van der Waals surface area contributed by atoms with E-state index in [4.69, 9.17) is 57.5 Å². The summed E-state index contributed by atoms with van der Waals surface area (Å²) in [4.78, 5) is 105. The van der Waals surface area contributed by atoms with Crippen LogP contribution in [0.3, 0.4) is 0 Å². The average molecular weight is 2070 g/mol. The summed E-state index contributed by atoms with van der Waals surface area (Å²) in [5, 5.41) is 34.9. The van der Waals surface area contributed by atoms with Gasteiger partial charge in [0.1, 0.15) is 79.9 Å². The first-order chi connectivity index (χ1) is 70.8. The molecule has 4 aliphatic carbocycles. The van der Waals surface area contributed by atoms with Crippen molar-refractivity contribution >= 4 is 82.1 Å². The van der Waals surface area contributed by atoms with Crippen molar-refractivity contribution in [2.24, 2.45) is 44.6 Å². The fraction of sp³-hybridized carbons (Fsp3) is 0.373. The minimum Gasteiger partial charge on any atom is -0.383 e. The van der Waals surface area contributed by atoms with Crippen molar-refractivity contribution in [1.29, 1.82) is 0 Å². The largest absolute Gasteiger partial charge is 0.417 e. The topological polar surface area (TPSA) is 500 Å². The SMILES string of the molecule is CC#CC(=O)N1CCC2(CC(n3nc(-c4cnn(Cc5cc(F)ccc5C(F)(F)F)c4)c(C(N)=O)c3N)C2)C1.CC#CC(=O)N1CCC2(CC(n3nc(-c4cnn(Cc5ccc(Cl)c(C(F)(F)F)c5)c4)c(C(N)=O)c3N)C2)C1.CC#CC(=O)N1CCC2(CC(n3nc(-c4cnn(Cc5cccc(F)c5F)c4)c(C(N)=O)c3N)C2)C1.CC#CC(=O)N1CCC2(CC(n3nc(-c4cnn(Cc5ccccc5F)c4)c(C(N)=O)c3N)C2)C1. The monoisotopic (exact) mass is 2070 g/mol. The lowest BCUT2D eigenvalue weighted by Crippen LogP contribution is -2.42. The highest BCUT2D eigenvalue weighted by Crippen LogP contribution is 2.59. The molecule has 4 saturated carbocycles. The second-order valence-corrected chi connectivity index (χ2v) is 39.4. The summed E-state index contributed by atoms with van der Waals surface area (Å²) in [5.74, 6) is 14.9. The predicted molar refractivity (Wildman–Crippen MR) is 524 cm³/mol. The van der Waals surface area contributed by atoms with Crippen LogP contribution in [-0.4, -0.2) is 197 Å². The molecule has 8 aromatic heterocycles. The maximum Gasteiger partial charge on any atom is 0.417 e. The third-order valence-corrected chi connectivity index (χ3v) is 29.3. The molecule has 4 aliphatic heterocycles. The zero-order valence-electron chi connectivity index (χ0n) is 80.9. The van der Waals surface area contributed by atoms with Gasteiger partial charge in [-0.05, 0) is 204 Å². The molecule has 12 aromatic rings. The Morgan fingerprint density at radius 1 is 0.376 bits per heavy atom. The van der Waals surface area contributed by atoms with Crippen molar-refractivity contribution in [3.63, 3.8) is 0 Å². The van der Waals surface area contributed by atoms with E-state index in [1.54, 1.807) is 114 Å². The Hall–Kier alpha value is -16.7. The van der Waals surface area contributed by atoms with Crippen molar-refractivity contribution in [3.05, 3.63) is 212 Å². The van der Waals surface area contributed by atoms with E-state index in [2.05, 4.69) is 88.2 Å². The van der Waals surface area contributed by atoms with Crippen LogP contribution in [-0.2, 0) is 57.7 Å². The van der Waals surface area contributed by atoms with Crippen LogP contribution in [0.15, 0.2) is 128 Å². The second kappa shape index (κ2) is 41.0. The van der Waals surface area contributed by atoms with Gasteiger partial charge in [-0.25, -0.2) is 36.3 Å². The standard InChI is InChI=1S/C26H25ClF3N7O2.C26H25F4N7O2.C25H25F2N7O2.C25H26FN7O2/c1-2-3-20(38)35-7-6-25(14-35)9-17(10-25)37-23(31)21(24(32)39)22(34-37)16-11-33-36(13-16)12-15-4-5-19(27)18(8-15)26(28,29)30;1-2-3-20(38)35-7-6-25(14-35)9-18(10-25)37-23(31)21(24(32)39)22(34-37)16-11-33-36(13-16)12-15-8-17(27)4-5-19(15)26(28,29)30;1-2-4-19(35)32-8-7-25(14-32)9-17(10-25)34-23(28)20(24(29)36)22(31-34)16-11-30-33(13-16)12-15-5-3-6-18(26)21(15)27;1-2-5-20(34)31-9-8-25(15-31)10-18(11-25)33-23(27)21(24(28)35)22(30-33)17-12-29-32(14-17)13-16-6-3-4-7-19(16)26/h4-5,8,11,13,17H,6-7,9-10,12,14,31H2,1H3,(H2,32,39);4-5,8,11,13,18H,6-7,9-10,12,14,31H2,1H3,(H2,32,39);3,5-6,11,13,17H,7-10,12,14,28H2,1H3,(H2,29,36);3-4,6-7,12,14,18H,8-11,13,15,27H2,1H3,(H2,28,35). The van der Waals surface area contributed by atoms with E-state index >= 15 is 0 Å². The molecule has 8 amide bonds. The molecule has 0 unspecified atom stereocenters. The van der Waals surface area contributed by atoms with Gasteiger partial charge in [0.2, 0.25) is 0 Å². The van der Waals surface area contributed by atoms with E-state index < -0.39 is 64.6 Å². The number of nitrogen functional groups attached to an aromatic ring is 4. The molecule has 4 saturated heterocycles. The van der Waals surface area contributed by atoms with Crippen LogP contribution < -0.4 is 45.9 Å². The second-order valence-electron chi connectivity index (χ2n) is 38.9. The van der Waals surface area contributed by atoms with E-state index in [1.165, 1.54) is 69.2 Å².